The smallest absolute Gasteiger partial charge is 0.311 e. The Kier molecular flexibility index (Phi) is 3.32. The Hall–Kier alpha value is -1.75. The fourth-order valence-electron chi connectivity index (χ4n) is 2.36. The van der Waals surface area contributed by atoms with E-state index < -0.39 is 41.0 Å². The summed E-state index contributed by atoms with van der Waals surface area (Å²) in [6, 6.07) is -0.626. The Morgan fingerprint density at radius 3 is 2.86 bits per heavy atom. The van der Waals surface area contributed by atoms with Crippen molar-refractivity contribution in [2.75, 3.05) is 0 Å². The van der Waals surface area contributed by atoms with Gasteiger partial charge in [0.2, 0.25) is 0 Å². The summed E-state index contributed by atoms with van der Waals surface area (Å²) in [7, 11) is 0. The Morgan fingerprint density at radius 2 is 2.24 bits per heavy atom. The fourth-order valence-corrected chi connectivity index (χ4v) is 3.21. The number of nitrogens with one attached hydrogen (secondary N) is 1. The number of hydrogen-bond acceptors (Lipinski definition) is 8. The number of aromatic amines is 1. The lowest BCUT2D eigenvalue weighted by Gasteiger charge is -2.17. The third-order valence-corrected chi connectivity index (χ3v) is 4.31. The number of H-pyrrole nitrogens is 1. The molecule has 0 aromatic carbocycles. The number of ether oxygens (including phenoxy) is 1. The molecular weight excluding hydrogens is 302 g/mol. The molecule has 9 nitrogen and oxygen atoms in total. The van der Waals surface area contributed by atoms with Gasteiger partial charge in [0.25, 0.3) is 11.6 Å². The van der Waals surface area contributed by atoms with Crippen LogP contribution in [0.5, 0.6) is 6.01 Å². The highest BCUT2D eigenvalue weighted by Crippen LogP contribution is 2.31. The molecule has 0 spiro atoms. The van der Waals surface area contributed by atoms with Crippen molar-refractivity contribution in [3.63, 3.8) is 0 Å². The molecule has 0 radical (unpaired) electrons. The molecule has 1 aliphatic heterocycles. The summed E-state index contributed by atoms with van der Waals surface area (Å²) in [6.07, 6.45) is -3.36. The Bertz CT molecular complexity index is 793. The van der Waals surface area contributed by atoms with E-state index in [1.165, 1.54) is 6.92 Å². The number of fused-ring (bicyclic) bond motifs is 1. The molecular formula is C11H13N3O6S. The lowest BCUT2D eigenvalue weighted by atomic mass is 10.1. The molecule has 4 unspecified atom stereocenters. The second-order valence-corrected chi connectivity index (χ2v) is 5.85. The van der Waals surface area contributed by atoms with Crippen LogP contribution in [0.15, 0.2) is 9.59 Å². The Morgan fingerprint density at radius 1 is 1.52 bits per heavy atom. The maximum Gasteiger partial charge on any atom is 0.311 e. The first kappa shape index (κ1) is 14.2. The van der Waals surface area contributed by atoms with Crippen molar-refractivity contribution in [2.24, 2.45) is 0 Å². The molecule has 3 heterocycles. The van der Waals surface area contributed by atoms with E-state index in [0.717, 1.165) is 4.57 Å². The summed E-state index contributed by atoms with van der Waals surface area (Å²) < 4.78 is 6.55. The van der Waals surface area contributed by atoms with Gasteiger partial charge in [-0.2, -0.15) is 4.98 Å². The highest BCUT2D eigenvalue weighted by molar-refractivity contribution is 7.16. The van der Waals surface area contributed by atoms with Crippen LogP contribution in [-0.2, 0) is 4.74 Å². The monoisotopic (exact) mass is 315 g/mol. The highest BCUT2D eigenvalue weighted by atomic mass is 32.1. The average molecular weight is 315 g/mol. The molecule has 0 bridgehead atoms. The number of thiazole rings is 1. The molecule has 10 heteroatoms. The number of aliphatic hydroxyl groups excluding tert-OH is 2. The number of rotatable bonds is 2. The minimum Gasteiger partial charge on any atom is -0.480 e. The quantitative estimate of drug-likeness (QED) is 0.551. The molecule has 4 atom stereocenters. The van der Waals surface area contributed by atoms with Gasteiger partial charge in [-0.3, -0.25) is 19.1 Å². The number of nitrogens with zero attached hydrogens (tertiary/aromatic N) is 2. The first-order valence-corrected chi connectivity index (χ1v) is 7.06. The third kappa shape index (κ3) is 2.25. The van der Waals surface area contributed by atoms with Crippen molar-refractivity contribution < 1.29 is 20.1 Å². The molecule has 1 fully saturated rings. The van der Waals surface area contributed by atoms with Crippen molar-refractivity contribution in [3.05, 3.63) is 20.0 Å². The van der Waals surface area contributed by atoms with Crippen molar-refractivity contribution in [3.8, 4) is 6.01 Å². The van der Waals surface area contributed by atoms with Crippen LogP contribution in [-0.4, -0.2) is 48.2 Å². The molecule has 2 aromatic heterocycles. The summed E-state index contributed by atoms with van der Waals surface area (Å²) in [6.45, 7) is 1.52. The predicted octanol–water partition coefficient (Wildman–Crippen LogP) is -1.12. The number of aromatic hydroxyl groups is 1. The van der Waals surface area contributed by atoms with Crippen molar-refractivity contribution in [2.45, 2.75) is 37.9 Å². The molecule has 0 aliphatic carbocycles. The van der Waals surface area contributed by atoms with Crippen molar-refractivity contribution in [1.29, 1.82) is 0 Å². The molecule has 21 heavy (non-hydrogen) atoms. The van der Waals surface area contributed by atoms with Crippen LogP contribution in [0.2, 0.25) is 0 Å². The molecule has 0 saturated carbocycles. The van der Waals surface area contributed by atoms with E-state index in [-0.39, 0.29) is 16.8 Å². The standard InChI is InChI=1S/C11H13N3O6S/c1-3(15)5-2-4(16)9(20-5)14-7-6(21-11(14)19)8(17)13-10(18)12-7/h3-5,9,15-16H,2H2,1H3,(H2,12,13,17,18). The highest BCUT2D eigenvalue weighted by Gasteiger charge is 2.39. The van der Waals surface area contributed by atoms with Crippen LogP contribution >= 0.6 is 11.3 Å². The zero-order valence-corrected chi connectivity index (χ0v) is 11.7. The minimum atomic E-state index is -1.06. The first-order valence-electron chi connectivity index (χ1n) is 6.24. The maximum atomic E-state index is 12.1. The van der Waals surface area contributed by atoms with E-state index in [9.17, 15) is 24.9 Å². The SMILES string of the molecule is CC(O)C1CC(O)C(n2c(=O)sc3c(=O)[nH]c(O)nc32)O1. The molecule has 1 saturated heterocycles. The lowest BCUT2D eigenvalue weighted by molar-refractivity contribution is -0.0701. The molecule has 4 N–H and O–H groups in total. The van der Waals surface area contributed by atoms with Crippen LogP contribution in [0, 0.1) is 0 Å². The summed E-state index contributed by atoms with van der Waals surface area (Å²) in [5.41, 5.74) is -0.695. The molecule has 2 aromatic rings. The minimum absolute atomic E-state index is 0.0362. The van der Waals surface area contributed by atoms with Crippen LogP contribution in [0.1, 0.15) is 19.6 Å². The van der Waals surface area contributed by atoms with Crippen LogP contribution in [0.25, 0.3) is 10.3 Å². The molecule has 0 amide bonds. The predicted molar refractivity (Wildman–Crippen MR) is 72.4 cm³/mol. The zero-order chi connectivity index (χ0) is 15.3. The Labute approximate surface area is 121 Å². The second kappa shape index (κ2) is 4.91. The van der Waals surface area contributed by atoms with Crippen molar-refractivity contribution in [1.82, 2.24) is 14.5 Å². The van der Waals surface area contributed by atoms with Gasteiger partial charge < -0.3 is 20.1 Å². The summed E-state index contributed by atoms with van der Waals surface area (Å²) >= 11 is 0.649. The van der Waals surface area contributed by atoms with Gasteiger partial charge in [-0.25, -0.2) is 0 Å². The summed E-state index contributed by atoms with van der Waals surface area (Å²) in [5, 5.41) is 28.9. The van der Waals surface area contributed by atoms with E-state index in [0.29, 0.717) is 11.3 Å². The topological polar surface area (TPSA) is 138 Å². The van der Waals surface area contributed by atoms with Gasteiger partial charge in [0.1, 0.15) is 10.8 Å². The number of aromatic nitrogens is 3. The van der Waals surface area contributed by atoms with Crippen LogP contribution in [0.3, 0.4) is 0 Å². The second-order valence-electron chi connectivity index (χ2n) is 4.89. The normalized spacial score (nSPS) is 27.3. The molecule has 1 aliphatic rings. The van der Waals surface area contributed by atoms with Crippen LogP contribution in [0.4, 0.5) is 0 Å². The van der Waals surface area contributed by atoms with Gasteiger partial charge in [0.15, 0.2) is 11.9 Å². The van der Waals surface area contributed by atoms with E-state index in [2.05, 4.69) is 9.97 Å². The van der Waals surface area contributed by atoms with E-state index in [1.807, 2.05) is 0 Å². The van der Waals surface area contributed by atoms with E-state index >= 15 is 0 Å². The molecule has 3 rings (SSSR count). The van der Waals surface area contributed by atoms with Gasteiger partial charge in [0.05, 0.1) is 12.2 Å². The van der Waals surface area contributed by atoms with Gasteiger partial charge in [-0.05, 0) is 6.92 Å². The zero-order valence-electron chi connectivity index (χ0n) is 10.9. The van der Waals surface area contributed by atoms with Gasteiger partial charge in [-0.1, -0.05) is 11.3 Å². The lowest BCUT2D eigenvalue weighted by Crippen LogP contribution is -2.28. The average Bonchev–Trinajstić information content (AvgIpc) is 2.90. The summed E-state index contributed by atoms with van der Waals surface area (Å²) in [5.74, 6) is 0. The van der Waals surface area contributed by atoms with Crippen LogP contribution < -0.4 is 10.4 Å². The van der Waals surface area contributed by atoms with E-state index in [1.54, 1.807) is 0 Å². The number of hydrogen-bond donors (Lipinski definition) is 4. The third-order valence-electron chi connectivity index (χ3n) is 3.37. The fraction of sp³-hybridized carbons (Fsp3) is 0.545. The van der Waals surface area contributed by atoms with Gasteiger partial charge in [0, 0.05) is 6.42 Å². The summed E-state index contributed by atoms with van der Waals surface area (Å²) in [4.78, 5) is 29.0. The van der Waals surface area contributed by atoms with Crippen molar-refractivity contribution >= 4 is 21.7 Å². The first-order chi connectivity index (χ1) is 9.88. The Balaban J connectivity index is 2.15. The maximum absolute atomic E-state index is 12.1. The van der Waals surface area contributed by atoms with E-state index in [4.69, 9.17) is 4.74 Å². The number of aliphatic hydroxyl groups is 2. The van der Waals surface area contributed by atoms with Gasteiger partial charge >= 0.3 is 4.87 Å². The van der Waals surface area contributed by atoms with Gasteiger partial charge in [-0.15, -0.1) is 0 Å². The molecule has 114 valence electrons. The largest absolute Gasteiger partial charge is 0.480 e.